The van der Waals surface area contributed by atoms with Crippen molar-refractivity contribution in [2.75, 3.05) is 7.11 Å². The van der Waals surface area contributed by atoms with Crippen molar-refractivity contribution in [3.05, 3.63) is 29.6 Å². The Morgan fingerprint density at radius 3 is 2.60 bits per heavy atom. The van der Waals surface area contributed by atoms with Crippen molar-refractivity contribution in [3.8, 4) is 5.75 Å². The number of amides is 1. The van der Waals surface area contributed by atoms with E-state index in [2.05, 4.69) is 0 Å². The highest BCUT2D eigenvalue weighted by Crippen LogP contribution is 2.25. The van der Waals surface area contributed by atoms with Gasteiger partial charge >= 0.3 is 0 Å². The number of aliphatic hydroxyl groups is 1. The zero-order chi connectivity index (χ0) is 11.6. The molecule has 0 heterocycles. The van der Waals surface area contributed by atoms with Gasteiger partial charge in [0, 0.05) is 0 Å². The van der Waals surface area contributed by atoms with Crippen LogP contribution in [0.3, 0.4) is 0 Å². The highest BCUT2D eigenvalue weighted by atomic mass is 19.1. The molecule has 4 nitrogen and oxygen atoms in total. The summed E-state index contributed by atoms with van der Waals surface area (Å²) < 4.78 is 18.0. The van der Waals surface area contributed by atoms with Crippen molar-refractivity contribution in [1.82, 2.24) is 0 Å². The summed E-state index contributed by atoms with van der Waals surface area (Å²) in [4.78, 5) is 10.9. The molecule has 82 valence electrons. The summed E-state index contributed by atoms with van der Waals surface area (Å²) in [5.74, 6) is -1.55. The number of ether oxygens (including phenoxy) is 1. The molecule has 0 radical (unpaired) electrons. The lowest BCUT2D eigenvalue weighted by atomic mass is 9.95. The van der Waals surface area contributed by atoms with Gasteiger partial charge in [-0.25, -0.2) is 4.39 Å². The SMILES string of the molecule is COc1ccc(C(C)(O)C(N)=O)cc1F. The van der Waals surface area contributed by atoms with Crippen molar-refractivity contribution in [1.29, 1.82) is 0 Å². The van der Waals surface area contributed by atoms with Crippen LogP contribution >= 0.6 is 0 Å². The van der Waals surface area contributed by atoms with E-state index in [1.54, 1.807) is 0 Å². The first-order valence-corrected chi connectivity index (χ1v) is 4.26. The van der Waals surface area contributed by atoms with Crippen LogP contribution in [0.4, 0.5) is 4.39 Å². The molecule has 0 saturated carbocycles. The number of halogens is 1. The Labute approximate surface area is 86.5 Å². The lowest BCUT2D eigenvalue weighted by molar-refractivity contribution is -0.135. The molecule has 3 N–H and O–H groups in total. The summed E-state index contributed by atoms with van der Waals surface area (Å²) in [6, 6.07) is 3.72. The minimum atomic E-state index is -1.88. The summed E-state index contributed by atoms with van der Waals surface area (Å²) in [7, 11) is 1.32. The molecule has 5 heteroatoms. The van der Waals surface area contributed by atoms with Crippen LogP contribution < -0.4 is 10.5 Å². The summed E-state index contributed by atoms with van der Waals surface area (Å²) in [5.41, 5.74) is 3.19. The van der Waals surface area contributed by atoms with Crippen molar-refractivity contribution in [2.45, 2.75) is 12.5 Å². The molecule has 1 aromatic carbocycles. The minimum absolute atomic E-state index is 0.0408. The van der Waals surface area contributed by atoms with E-state index in [0.717, 1.165) is 6.07 Å². The molecular formula is C10H12FNO3. The van der Waals surface area contributed by atoms with E-state index >= 15 is 0 Å². The lowest BCUT2D eigenvalue weighted by Crippen LogP contribution is -2.38. The predicted molar refractivity (Wildman–Crippen MR) is 51.7 cm³/mol. The van der Waals surface area contributed by atoms with Crippen LogP contribution in [0.5, 0.6) is 5.75 Å². The number of nitrogens with two attached hydrogens (primary N) is 1. The summed E-state index contributed by atoms with van der Waals surface area (Å²) >= 11 is 0. The normalized spacial score (nSPS) is 14.4. The monoisotopic (exact) mass is 213 g/mol. The van der Waals surface area contributed by atoms with Crippen LogP contribution in [-0.4, -0.2) is 18.1 Å². The first-order valence-electron chi connectivity index (χ1n) is 4.26. The van der Waals surface area contributed by atoms with Gasteiger partial charge in [0.1, 0.15) is 0 Å². The van der Waals surface area contributed by atoms with Crippen molar-refractivity contribution in [3.63, 3.8) is 0 Å². The molecule has 15 heavy (non-hydrogen) atoms. The van der Waals surface area contributed by atoms with Crippen molar-refractivity contribution < 1.29 is 19.0 Å². The third-order valence-corrected chi connectivity index (χ3v) is 2.19. The Morgan fingerprint density at radius 1 is 1.60 bits per heavy atom. The Kier molecular flexibility index (Phi) is 2.95. The molecule has 1 atom stereocenters. The summed E-state index contributed by atoms with van der Waals surface area (Å²) in [6.07, 6.45) is 0. The van der Waals surface area contributed by atoms with Gasteiger partial charge in [-0.2, -0.15) is 0 Å². The van der Waals surface area contributed by atoms with Crippen LogP contribution in [0.15, 0.2) is 18.2 Å². The zero-order valence-electron chi connectivity index (χ0n) is 8.45. The van der Waals surface area contributed by atoms with E-state index in [-0.39, 0.29) is 11.3 Å². The van der Waals surface area contributed by atoms with Gasteiger partial charge < -0.3 is 15.6 Å². The van der Waals surface area contributed by atoms with Gasteiger partial charge in [-0.15, -0.1) is 0 Å². The van der Waals surface area contributed by atoms with E-state index in [1.165, 1.54) is 26.2 Å². The van der Waals surface area contributed by atoms with Gasteiger partial charge in [-0.05, 0) is 24.6 Å². The average Bonchev–Trinajstić information content (AvgIpc) is 2.17. The van der Waals surface area contributed by atoms with Crippen LogP contribution in [0, 0.1) is 5.82 Å². The Bertz CT molecular complexity index is 390. The highest BCUT2D eigenvalue weighted by Gasteiger charge is 2.30. The van der Waals surface area contributed by atoms with E-state index in [4.69, 9.17) is 10.5 Å². The number of primary amides is 1. The number of benzene rings is 1. The molecule has 0 spiro atoms. The van der Waals surface area contributed by atoms with E-state index < -0.39 is 17.3 Å². The van der Waals surface area contributed by atoms with Gasteiger partial charge in [-0.3, -0.25) is 4.79 Å². The fraction of sp³-hybridized carbons (Fsp3) is 0.300. The molecular weight excluding hydrogens is 201 g/mol. The van der Waals surface area contributed by atoms with Crippen LogP contribution in [0.2, 0.25) is 0 Å². The number of carbonyl (C=O) groups is 1. The van der Waals surface area contributed by atoms with Gasteiger partial charge in [0.05, 0.1) is 7.11 Å². The first-order chi connectivity index (χ1) is 6.89. The van der Waals surface area contributed by atoms with Crippen LogP contribution in [0.25, 0.3) is 0 Å². The van der Waals surface area contributed by atoms with Gasteiger partial charge in [0.2, 0.25) is 0 Å². The third kappa shape index (κ3) is 2.07. The van der Waals surface area contributed by atoms with Crippen molar-refractivity contribution in [2.24, 2.45) is 5.73 Å². The van der Waals surface area contributed by atoms with Gasteiger partial charge in [0.15, 0.2) is 17.2 Å². The molecule has 0 fully saturated rings. The number of methoxy groups -OCH3 is 1. The molecule has 1 unspecified atom stereocenters. The maximum Gasteiger partial charge on any atom is 0.253 e. The number of rotatable bonds is 3. The van der Waals surface area contributed by atoms with Gasteiger partial charge in [0.25, 0.3) is 5.91 Å². The molecule has 0 saturated heterocycles. The third-order valence-electron chi connectivity index (χ3n) is 2.19. The number of hydrogen-bond donors (Lipinski definition) is 2. The summed E-state index contributed by atoms with van der Waals surface area (Å²) in [5, 5.41) is 9.67. The topological polar surface area (TPSA) is 72.6 Å². The largest absolute Gasteiger partial charge is 0.494 e. The molecule has 0 aliphatic heterocycles. The second kappa shape index (κ2) is 3.86. The standard InChI is InChI=1S/C10H12FNO3/c1-10(14,9(12)13)6-3-4-8(15-2)7(11)5-6/h3-5,14H,1-2H3,(H2,12,13). The molecule has 0 aliphatic carbocycles. The molecule has 0 bridgehead atoms. The fourth-order valence-electron chi connectivity index (χ4n) is 1.11. The Hall–Kier alpha value is -1.62. The second-order valence-corrected chi connectivity index (χ2v) is 3.29. The maximum atomic E-state index is 13.3. The highest BCUT2D eigenvalue weighted by molar-refractivity contribution is 5.84. The lowest BCUT2D eigenvalue weighted by Gasteiger charge is -2.19. The molecule has 1 rings (SSSR count). The molecule has 1 amide bonds. The zero-order valence-corrected chi connectivity index (χ0v) is 8.45. The molecule has 0 aromatic heterocycles. The smallest absolute Gasteiger partial charge is 0.253 e. The fourth-order valence-corrected chi connectivity index (χ4v) is 1.11. The Balaban J connectivity index is 3.18. The minimum Gasteiger partial charge on any atom is -0.494 e. The number of carbonyl (C=O) groups excluding carboxylic acids is 1. The van der Waals surface area contributed by atoms with Crippen molar-refractivity contribution >= 4 is 5.91 Å². The first kappa shape index (κ1) is 11.5. The van der Waals surface area contributed by atoms with Gasteiger partial charge in [-0.1, -0.05) is 6.07 Å². The molecule has 0 aliphatic rings. The Morgan fingerprint density at radius 2 is 2.20 bits per heavy atom. The van der Waals surface area contributed by atoms with Crippen LogP contribution in [-0.2, 0) is 10.4 Å². The second-order valence-electron chi connectivity index (χ2n) is 3.29. The van der Waals surface area contributed by atoms with Crippen LogP contribution in [0.1, 0.15) is 12.5 Å². The van der Waals surface area contributed by atoms with E-state index in [1.807, 2.05) is 0 Å². The van der Waals surface area contributed by atoms with E-state index in [0.29, 0.717) is 0 Å². The quantitative estimate of drug-likeness (QED) is 0.769. The maximum absolute atomic E-state index is 13.3. The average molecular weight is 213 g/mol. The van der Waals surface area contributed by atoms with E-state index in [9.17, 15) is 14.3 Å². The summed E-state index contributed by atoms with van der Waals surface area (Å²) in [6.45, 7) is 1.20. The number of hydrogen-bond acceptors (Lipinski definition) is 3. The molecule has 1 aromatic rings. The predicted octanol–water partition coefficient (Wildman–Crippen LogP) is 0.527.